The van der Waals surface area contributed by atoms with Crippen LogP contribution in [0, 0.1) is 5.92 Å². The fourth-order valence-corrected chi connectivity index (χ4v) is 4.84. The molecule has 3 rings (SSSR count). The van der Waals surface area contributed by atoms with E-state index >= 15 is 0 Å². The quantitative estimate of drug-likeness (QED) is 0.728. The monoisotopic (exact) mass is 334 g/mol. The number of rotatable bonds is 6. The molecule has 1 saturated carbocycles. The third kappa shape index (κ3) is 2.91. The molecule has 0 unspecified atom stereocenters. The summed E-state index contributed by atoms with van der Waals surface area (Å²) in [6.07, 6.45) is 9.07. The van der Waals surface area contributed by atoms with E-state index in [1.54, 1.807) is 7.05 Å². The number of hydrogen-bond donors (Lipinski definition) is 2. The molecule has 1 spiro atoms. The number of nitrogens with zero attached hydrogens (tertiary/aromatic N) is 2. The van der Waals surface area contributed by atoms with Crippen molar-refractivity contribution >= 4 is 17.5 Å². The van der Waals surface area contributed by atoms with Crippen LogP contribution in [-0.2, 0) is 9.59 Å². The zero-order chi connectivity index (χ0) is 17.2. The lowest BCUT2D eigenvalue weighted by Crippen LogP contribution is -2.54. The van der Waals surface area contributed by atoms with E-state index < -0.39 is 0 Å². The fraction of sp³-hybridized carbons (Fsp3) is 0.833. The van der Waals surface area contributed by atoms with Crippen molar-refractivity contribution in [1.82, 2.24) is 15.6 Å². The van der Waals surface area contributed by atoms with Crippen molar-refractivity contribution < 1.29 is 9.59 Å². The van der Waals surface area contributed by atoms with Crippen LogP contribution in [0.25, 0.3) is 0 Å². The van der Waals surface area contributed by atoms with Gasteiger partial charge in [-0.3, -0.25) is 14.6 Å². The maximum absolute atomic E-state index is 12.3. The highest BCUT2D eigenvalue weighted by Gasteiger charge is 2.57. The topological polar surface area (TPSA) is 73.8 Å². The lowest BCUT2D eigenvalue weighted by Gasteiger charge is -2.46. The summed E-state index contributed by atoms with van der Waals surface area (Å²) in [6.45, 7) is 2.87. The lowest BCUT2D eigenvalue weighted by atomic mass is 9.76. The second-order valence-corrected chi connectivity index (χ2v) is 7.41. The molecule has 2 N–H and O–H groups in total. The van der Waals surface area contributed by atoms with Crippen LogP contribution >= 0.6 is 0 Å². The van der Waals surface area contributed by atoms with Crippen LogP contribution in [0.5, 0.6) is 0 Å². The molecule has 2 amide bonds. The summed E-state index contributed by atoms with van der Waals surface area (Å²) in [6, 6.07) is 0.128. The van der Waals surface area contributed by atoms with Crippen LogP contribution in [-0.4, -0.2) is 47.7 Å². The highest BCUT2D eigenvalue weighted by atomic mass is 16.2. The molecule has 0 radical (unpaired) electrons. The van der Waals surface area contributed by atoms with Gasteiger partial charge in [0, 0.05) is 25.9 Å². The minimum atomic E-state index is -0.0539. The zero-order valence-corrected chi connectivity index (χ0v) is 14.9. The Morgan fingerprint density at radius 1 is 1.29 bits per heavy atom. The van der Waals surface area contributed by atoms with E-state index in [-0.39, 0.29) is 29.3 Å². The molecule has 2 heterocycles. The maximum atomic E-state index is 12.3. The Labute approximate surface area is 144 Å². The van der Waals surface area contributed by atoms with E-state index in [4.69, 9.17) is 5.10 Å². The largest absolute Gasteiger partial charge is 0.356 e. The SMILES string of the molecule is CCCCNC(=O)C[C@H]1CCC[C@@]23CCC[C@@H]2C(C(=O)NC)=NN13. The Hall–Kier alpha value is -1.59. The van der Waals surface area contributed by atoms with Crippen LogP contribution in [0.1, 0.15) is 64.7 Å². The van der Waals surface area contributed by atoms with Gasteiger partial charge in [0.25, 0.3) is 5.91 Å². The first-order valence-electron chi connectivity index (χ1n) is 9.49. The van der Waals surface area contributed by atoms with Gasteiger partial charge in [-0.2, -0.15) is 5.10 Å². The maximum Gasteiger partial charge on any atom is 0.267 e. The molecule has 6 nitrogen and oxygen atoms in total. The third-order valence-corrected chi connectivity index (χ3v) is 5.98. The van der Waals surface area contributed by atoms with Crippen LogP contribution in [0.15, 0.2) is 5.10 Å². The molecule has 0 aromatic rings. The number of carbonyl (C=O) groups excluding carboxylic acids is 2. The molecule has 6 heteroatoms. The molecular weight excluding hydrogens is 304 g/mol. The van der Waals surface area contributed by atoms with Gasteiger partial charge in [-0.1, -0.05) is 19.8 Å². The number of piperidine rings is 1. The van der Waals surface area contributed by atoms with Crippen molar-refractivity contribution in [3.05, 3.63) is 0 Å². The number of hydrogen-bond acceptors (Lipinski definition) is 4. The van der Waals surface area contributed by atoms with Crippen LogP contribution < -0.4 is 10.6 Å². The summed E-state index contributed by atoms with van der Waals surface area (Å²) in [5.74, 6) is 0.300. The Kier molecular flexibility index (Phi) is 5.11. The number of amides is 2. The average Bonchev–Trinajstić information content (AvgIpc) is 3.11. The Morgan fingerprint density at radius 3 is 2.75 bits per heavy atom. The van der Waals surface area contributed by atoms with Gasteiger partial charge < -0.3 is 10.6 Å². The second kappa shape index (κ2) is 7.11. The minimum Gasteiger partial charge on any atom is -0.356 e. The molecule has 0 aromatic carbocycles. The van der Waals surface area contributed by atoms with Gasteiger partial charge >= 0.3 is 0 Å². The summed E-state index contributed by atoms with van der Waals surface area (Å²) in [4.78, 5) is 24.5. The Balaban J connectivity index is 1.74. The fourth-order valence-electron chi connectivity index (χ4n) is 4.84. The molecule has 3 aliphatic rings. The molecule has 2 aliphatic heterocycles. The minimum absolute atomic E-state index is 0.00550. The van der Waals surface area contributed by atoms with Gasteiger partial charge in [-0.15, -0.1) is 0 Å². The normalized spacial score (nSPS) is 31.2. The summed E-state index contributed by atoms with van der Waals surface area (Å²) in [7, 11) is 1.67. The molecule has 1 aliphatic carbocycles. The van der Waals surface area contributed by atoms with Crippen LogP contribution in [0.2, 0.25) is 0 Å². The summed E-state index contributed by atoms with van der Waals surface area (Å²) in [5.41, 5.74) is 0.683. The number of hydrazone groups is 1. The smallest absolute Gasteiger partial charge is 0.267 e. The molecule has 134 valence electrons. The average molecular weight is 334 g/mol. The van der Waals surface area contributed by atoms with Gasteiger partial charge in [0.15, 0.2) is 0 Å². The van der Waals surface area contributed by atoms with Gasteiger partial charge in [-0.05, 0) is 38.5 Å². The number of unbranched alkanes of at least 4 members (excludes halogenated alkanes) is 1. The number of carbonyl (C=O) groups is 2. The van der Waals surface area contributed by atoms with Crippen LogP contribution in [0.3, 0.4) is 0 Å². The molecular formula is C18H30N4O2. The van der Waals surface area contributed by atoms with Gasteiger partial charge in [0.2, 0.25) is 5.91 Å². The van der Waals surface area contributed by atoms with E-state index in [9.17, 15) is 9.59 Å². The van der Waals surface area contributed by atoms with Crippen molar-refractivity contribution in [3.8, 4) is 0 Å². The van der Waals surface area contributed by atoms with Gasteiger partial charge in [0.1, 0.15) is 5.71 Å². The van der Waals surface area contributed by atoms with Crippen molar-refractivity contribution in [3.63, 3.8) is 0 Å². The highest BCUT2D eigenvalue weighted by Crippen LogP contribution is 2.52. The first-order valence-corrected chi connectivity index (χ1v) is 9.49. The Morgan fingerprint density at radius 2 is 2.04 bits per heavy atom. The molecule has 0 bridgehead atoms. The van der Waals surface area contributed by atoms with E-state index in [0.717, 1.165) is 57.9 Å². The summed E-state index contributed by atoms with van der Waals surface area (Å²) in [5, 5.41) is 12.7. The van der Waals surface area contributed by atoms with Gasteiger partial charge in [-0.25, -0.2) is 0 Å². The van der Waals surface area contributed by atoms with Crippen molar-refractivity contribution in [2.24, 2.45) is 11.0 Å². The molecule has 1 saturated heterocycles. The molecule has 3 atom stereocenters. The van der Waals surface area contributed by atoms with E-state index in [2.05, 4.69) is 22.6 Å². The number of nitrogens with one attached hydrogen (secondary N) is 2. The highest BCUT2D eigenvalue weighted by molar-refractivity contribution is 6.40. The molecule has 24 heavy (non-hydrogen) atoms. The molecule has 0 aromatic heterocycles. The first kappa shape index (κ1) is 17.2. The first-order chi connectivity index (χ1) is 11.6. The summed E-state index contributed by atoms with van der Waals surface area (Å²) >= 11 is 0. The predicted molar refractivity (Wildman–Crippen MR) is 93.6 cm³/mol. The predicted octanol–water partition coefficient (Wildman–Crippen LogP) is 1.80. The Bertz CT molecular complexity index is 533. The lowest BCUT2D eigenvalue weighted by molar-refractivity contribution is -0.123. The van der Waals surface area contributed by atoms with E-state index in [1.807, 2.05) is 0 Å². The van der Waals surface area contributed by atoms with E-state index in [1.165, 1.54) is 0 Å². The molecule has 2 fully saturated rings. The third-order valence-electron chi connectivity index (χ3n) is 5.98. The van der Waals surface area contributed by atoms with Crippen molar-refractivity contribution in [2.75, 3.05) is 13.6 Å². The standard InChI is InChI=1S/C18H30N4O2/c1-3-4-11-20-15(23)12-13-7-5-9-18-10-6-8-14(18)16(17(24)19-2)21-22(13)18/h13-14H,3-12H2,1-2H3,(H,19,24)(H,20,23)/t13-,14-,18-/m1/s1. The van der Waals surface area contributed by atoms with Crippen LogP contribution in [0.4, 0.5) is 0 Å². The van der Waals surface area contributed by atoms with Crippen molar-refractivity contribution in [2.45, 2.75) is 76.3 Å². The van der Waals surface area contributed by atoms with Crippen molar-refractivity contribution in [1.29, 1.82) is 0 Å². The zero-order valence-electron chi connectivity index (χ0n) is 14.9. The van der Waals surface area contributed by atoms with E-state index in [0.29, 0.717) is 12.1 Å². The van der Waals surface area contributed by atoms with Gasteiger partial charge in [0.05, 0.1) is 11.6 Å². The second-order valence-electron chi connectivity index (χ2n) is 7.41. The summed E-state index contributed by atoms with van der Waals surface area (Å²) < 4.78 is 0.